The summed E-state index contributed by atoms with van der Waals surface area (Å²) in [5.41, 5.74) is 0. The zero-order chi connectivity index (χ0) is 3.41. The van der Waals surface area contributed by atoms with Crippen molar-refractivity contribution >= 4 is 7.07 Å². The van der Waals surface area contributed by atoms with E-state index >= 15 is 0 Å². The summed E-state index contributed by atoms with van der Waals surface area (Å²) < 4.78 is 0. The molecule has 0 heterocycles. The van der Waals surface area contributed by atoms with Crippen molar-refractivity contribution in [3.63, 3.8) is 0 Å². The first-order valence-corrected chi connectivity index (χ1v) is 1.03. The van der Waals surface area contributed by atoms with E-state index in [0.29, 0.717) is 0 Å². The van der Waals surface area contributed by atoms with E-state index in [1.54, 1.807) is 0 Å². The van der Waals surface area contributed by atoms with Gasteiger partial charge in [-0.2, -0.15) is 0 Å². The molecule has 0 aromatic rings. The molecule has 0 atom stereocenters. The van der Waals surface area contributed by atoms with Crippen LogP contribution in [0.4, 0.5) is 0 Å². The van der Waals surface area contributed by atoms with Gasteiger partial charge in [0.1, 0.15) is 0 Å². The molecular weight excluding hydrogens is 48.8 g/mol. The Hall–Kier alpha value is -0.395. The Morgan fingerprint density at radius 3 is 2.25 bits per heavy atom. The van der Waals surface area contributed by atoms with Gasteiger partial charge in [-0.05, 0) is 0 Å². The molecule has 0 unspecified atom stereocenters. The summed E-state index contributed by atoms with van der Waals surface area (Å²) in [7, 11) is 1.14. The minimum absolute atomic E-state index is 1.14. The predicted molar refractivity (Wildman–Crippen MR) is 18.7 cm³/mol. The van der Waals surface area contributed by atoms with Gasteiger partial charge in [-0.3, -0.25) is 0 Å². The van der Waals surface area contributed by atoms with Crippen LogP contribution in [0.3, 0.4) is 0 Å². The Balaban J connectivity index is 2.73. The van der Waals surface area contributed by atoms with E-state index in [9.17, 15) is 0 Å². The van der Waals surface area contributed by atoms with Crippen LogP contribution in [-0.4, -0.2) is 7.07 Å². The van der Waals surface area contributed by atoms with Gasteiger partial charge in [0.15, 0.2) is 0 Å². The number of nitrogens with one attached hydrogen (secondary N) is 1. The summed E-state index contributed by atoms with van der Waals surface area (Å²) in [5, 5.41) is 6.21. The molecule has 0 saturated carbocycles. The molecule has 0 aromatic heterocycles. The molecule has 0 saturated heterocycles. The van der Waals surface area contributed by atoms with Gasteiger partial charge in [0.2, 0.25) is 0 Å². The third-order valence-electron chi connectivity index (χ3n) is 0.118. The van der Waals surface area contributed by atoms with Gasteiger partial charge in [0.25, 0.3) is 0 Å². The molecule has 0 aromatic carbocycles. The fraction of sp³-hybridized carbons (Fsp3) is 0. The first-order valence-electron chi connectivity index (χ1n) is 1.03. The van der Waals surface area contributed by atoms with Crippen LogP contribution in [0.2, 0.25) is 0 Å². The zero-order valence-electron chi connectivity index (χ0n) is 2.36. The maximum atomic E-state index is 6.21. The first-order chi connectivity index (χ1) is 1.91. The molecule has 0 aliphatic rings. The van der Waals surface area contributed by atoms with Gasteiger partial charge < -0.3 is 0 Å². The molecular formula is C2H4BN. The minimum atomic E-state index is 1.14. The first kappa shape index (κ1) is 3.60. The Kier molecular flexibility index (Phi) is 2.35. The van der Waals surface area contributed by atoms with Crippen LogP contribution in [-0.2, 0) is 0 Å². The third kappa shape index (κ3) is 1.60. The summed E-state index contributed by atoms with van der Waals surface area (Å²) in [6.45, 7) is 3.24. The molecule has 0 spiro atoms. The van der Waals surface area contributed by atoms with Crippen LogP contribution in [0.1, 0.15) is 0 Å². The fourth-order valence-electron chi connectivity index (χ4n) is 0. The van der Waals surface area contributed by atoms with Crippen molar-refractivity contribution in [1.29, 1.82) is 5.31 Å². The van der Waals surface area contributed by atoms with Crippen LogP contribution >= 0.6 is 0 Å². The molecule has 20 valence electrons. The van der Waals surface area contributed by atoms with Gasteiger partial charge in [-0.1, -0.05) is 0 Å². The Morgan fingerprint density at radius 1 is 2.00 bits per heavy atom. The fourth-order valence-corrected chi connectivity index (χ4v) is 0. The monoisotopic (exact) mass is 53.0 g/mol. The van der Waals surface area contributed by atoms with E-state index in [2.05, 4.69) is 6.58 Å². The second-order valence-electron chi connectivity index (χ2n) is 0.402. The SMILES string of the molecule is C=CB=N. The number of hydrogen-bond acceptors (Lipinski definition) is 1. The van der Waals surface area contributed by atoms with Crippen LogP contribution in [0.5, 0.6) is 0 Å². The van der Waals surface area contributed by atoms with E-state index in [4.69, 9.17) is 5.31 Å². The second kappa shape index (κ2) is 2.60. The molecule has 1 N–H and O–H groups in total. The third-order valence-corrected chi connectivity index (χ3v) is 0.118. The van der Waals surface area contributed by atoms with Crippen LogP contribution in [0, 0.1) is 5.31 Å². The molecule has 4 heavy (non-hydrogen) atoms. The van der Waals surface area contributed by atoms with Crippen molar-refractivity contribution in [2.75, 3.05) is 0 Å². The Bertz CT molecular complexity index is 27.0. The van der Waals surface area contributed by atoms with Crippen LogP contribution in [0.15, 0.2) is 12.6 Å². The average molecular weight is 52.9 g/mol. The van der Waals surface area contributed by atoms with Crippen molar-refractivity contribution < 1.29 is 0 Å². The molecule has 0 aliphatic carbocycles. The van der Waals surface area contributed by atoms with E-state index in [0.717, 1.165) is 7.07 Å². The van der Waals surface area contributed by atoms with Crippen molar-refractivity contribution in [2.45, 2.75) is 0 Å². The van der Waals surface area contributed by atoms with Gasteiger partial charge >= 0.3 is 24.9 Å². The second-order valence-corrected chi connectivity index (χ2v) is 0.402. The average Bonchev–Trinajstić information content (AvgIpc) is 1.37. The Labute approximate surface area is 26.1 Å². The number of hydrogen-bond donors (Lipinski definition) is 1. The molecule has 0 fully saturated rings. The van der Waals surface area contributed by atoms with Crippen LogP contribution in [0.25, 0.3) is 0 Å². The zero-order valence-corrected chi connectivity index (χ0v) is 2.36. The van der Waals surface area contributed by atoms with E-state index in [1.807, 2.05) is 0 Å². The van der Waals surface area contributed by atoms with Gasteiger partial charge in [-0.15, -0.1) is 0 Å². The van der Waals surface area contributed by atoms with E-state index in [-0.39, 0.29) is 0 Å². The van der Waals surface area contributed by atoms with Crippen molar-refractivity contribution in [3.05, 3.63) is 12.6 Å². The molecule has 0 radical (unpaired) electrons. The summed E-state index contributed by atoms with van der Waals surface area (Å²) in [6.07, 6.45) is 0. The van der Waals surface area contributed by atoms with Crippen LogP contribution < -0.4 is 0 Å². The summed E-state index contributed by atoms with van der Waals surface area (Å²) in [4.78, 5) is 0. The van der Waals surface area contributed by atoms with Crippen molar-refractivity contribution in [3.8, 4) is 0 Å². The van der Waals surface area contributed by atoms with Gasteiger partial charge in [0.05, 0.1) is 0 Å². The normalized spacial score (nSPS) is 4.00. The van der Waals surface area contributed by atoms with Gasteiger partial charge in [-0.25, -0.2) is 0 Å². The molecule has 1 nitrogen and oxygen atoms in total. The molecule has 2 heteroatoms. The van der Waals surface area contributed by atoms with Gasteiger partial charge in [0, 0.05) is 0 Å². The standard InChI is InChI=1S/C2H4BN/c1-2-3-4/h2,4H,1H2. The summed E-state index contributed by atoms with van der Waals surface area (Å²) in [6, 6.07) is 0. The Morgan fingerprint density at radius 2 is 2.25 bits per heavy atom. The van der Waals surface area contributed by atoms with Crippen molar-refractivity contribution in [1.82, 2.24) is 0 Å². The molecule has 0 amide bonds. The number of rotatable bonds is 1. The maximum absolute atomic E-state index is 6.21. The molecule has 0 rings (SSSR count). The van der Waals surface area contributed by atoms with E-state index in [1.165, 1.54) is 5.98 Å². The molecule has 0 bridgehead atoms. The topological polar surface area (TPSA) is 23.9 Å². The summed E-state index contributed by atoms with van der Waals surface area (Å²) in [5.74, 6) is 1.42. The molecule has 0 aliphatic heterocycles. The quantitative estimate of drug-likeness (QED) is 0.423. The predicted octanol–water partition coefficient (Wildman–Crippen LogP) is 0.596. The summed E-state index contributed by atoms with van der Waals surface area (Å²) >= 11 is 0. The van der Waals surface area contributed by atoms with E-state index < -0.39 is 0 Å². The van der Waals surface area contributed by atoms with Crippen molar-refractivity contribution in [2.24, 2.45) is 0 Å².